The summed E-state index contributed by atoms with van der Waals surface area (Å²) in [7, 11) is 0. The third-order valence-electron chi connectivity index (χ3n) is 5.75. The molecule has 0 bridgehead atoms. The van der Waals surface area contributed by atoms with Gasteiger partial charge < -0.3 is 14.8 Å². The third-order valence-corrected chi connectivity index (χ3v) is 5.75. The fourth-order valence-electron chi connectivity index (χ4n) is 3.65. The maximum absolute atomic E-state index is 12.5. The van der Waals surface area contributed by atoms with Crippen molar-refractivity contribution < 1.29 is 44.3 Å². The molecule has 0 aliphatic heterocycles. The number of hydrogen-bond acceptors (Lipinski definition) is 3. The van der Waals surface area contributed by atoms with Gasteiger partial charge in [-0.1, -0.05) is 90.4 Å². The number of carboxylic acids is 1. The van der Waals surface area contributed by atoms with Gasteiger partial charge in [0.1, 0.15) is 0 Å². The second-order valence-corrected chi connectivity index (χ2v) is 8.09. The Morgan fingerprint density at radius 3 is 1.39 bits per heavy atom. The van der Waals surface area contributed by atoms with E-state index in [4.69, 9.17) is 0 Å². The minimum Gasteiger partial charge on any atom is -0.549 e. The molecule has 28 heavy (non-hydrogen) atoms. The van der Waals surface area contributed by atoms with E-state index in [0.29, 0.717) is 19.5 Å². The van der Waals surface area contributed by atoms with Crippen LogP contribution in [0.25, 0.3) is 0 Å². The Morgan fingerprint density at radius 1 is 0.714 bits per heavy atom. The van der Waals surface area contributed by atoms with Crippen molar-refractivity contribution in [3.05, 3.63) is 0 Å². The number of unbranched alkanes of at least 4 members (excludes halogenated alkanes) is 12. The summed E-state index contributed by atoms with van der Waals surface area (Å²) in [6.45, 7) is 8.61. The Hall–Kier alpha value is -0.0600. The molecule has 5 heteroatoms. The van der Waals surface area contributed by atoms with Gasteiger partial charge in [0, 0.05) is 13.1 Å². The van der Waals surface area contributed by atoms with Crippen molar-refractivity contribution >= 4 is 11.9 Å². The monoisotopic (exact) mass is 405 g/mol. The second-order valence-electron chi connectivity index (χ2n) is 8.09. The van der Waals surface area contributed by atoms with Crippen LogP contribution in [-0.4, -0.2) is 29.9 Å². The van der Waals surface area contributed by atoms with Crippen molar-refractivity contribution in [3.8, 4) is 0 Å². The van der Waals surface area contributed by atoms with E-state index in [2.05, 4.69) is 6.92 Å². The number of amides is 1. The van der Waals surface area contributed by atoms with Gasteiger partial charge in [-0.05, 0) is 27.2 Å². The first-order valence-electron chi connectivity index (χ1n) is 11.4. The average molecular weight is 406 g/mol. The Kier molecular flexibility index (Phi) is 20.4. The first-order chi connectivity index (χ1) is 12.9. The number of rotatable bonds is 18. The largest absolute Gasteiger partial charge is 1.00 e. The van der Waals surface area contributed by atoms with Crippen molar-refractivity contribution in [3.63, 3.8) is 0 Å². The van der Waals surface area contributed by atoms with E-state index in [-0.39, 0.29) is 35.5 Å². The molecule has 0 saturated carbocycles. The van der Waals surface area contributed by atoms with Crippen LogP contribution in [0.15, 0.2) is 0 Å². The quantitative estimate of drug-likeness (QED) is 0.199. The van der Waals surface area contributed by atoms with Gasteiger partial charge in [-0.25, -0.2) is 0 Å². The van der Waals surface area contributed by atoms with Crippen molar-refractivity contribution in [2.24, 2.45) is 5.41 Å². The molecule has 160 valence electrons. The molecule has 1 atom stereocenters. The minimum absolute atomic E-state index is 0. The molecule has 0 aromatic heterocycles. The first-order valence-corrected chi connectivity index (χ1v) is 11.4. The number of hydrogen-bond donors (Lipinski definition) is 0. The zero-order valence-corrected chi connectivity index (χ0v) is 21.5. The van der Waals surface area contributed by atoms with Crippen LogP contribution in [0.3, 0.4) is 0 Å². The summed E-state index contributed by atoms with van der Waals surface area (Å²) in [6, 6.07) is 0. The summed E-state index contributed by atoms with van der Waals surface area (Å²) >= 11 is 0. The zero-order chi connectivity index (χ0) is 20.5. The summed E-state index contributed by atoms with van der Waals surface area (Å²) in [6.07, 6.45) is 16.6. The smallest absolute Gasteiger partial charge is 0.549 e. The predicted molar refractivity (Wildman–Crippen MR) is 111 cm³/mol. The fraction of sp³-hybridized carbons (Fsp3) is 0.913. The van der Waals surface area contributed by atoms with Crippen LogP contribution >= 0.6 is 0 Å². The van der Waals surface area contributed by atoms with Crippen LogP contribution < -0.4 is 34.7 Å². The maximum atomic E-state index is 12.5. The Morgan fingerprint density at radius 2 is 1.07 bits per heavy atom. The third kappa shape index (κ3) is 12.5. The molecule has 0 fully saturated rings. The number of aliphatic carboxylic acids is 1. The summed E-state index contributed by atoms with van der Waals surface area (Å²) in [5, 5.41) is 11.6. The maximum Gasteiger partial charge on any atom is 1.00 e. The molecular weight excluding hydrogens is 361 g/mol. The summed E-state index contributed by atoms with van der Waals surface area (Å²) in [4.78, 5) is 25.7. The van der Waals surface area contributed by atoms with Gasteiger partial charge in [0.25, 0.3) is 0 Å². The normalized spacial score (nSPS) is 12.9. The average Bonchev–Trinajstić information content (AvgIpc) is 2.65. The van der Waals surface area contributed by atoms with Gasteiger partial charge in [-0.2, -0.15) is 0 Å². The van der Waals surface area contributed by atoms with Crippen LogP contribution in [0.2, 0.25) is 0 Å². The second kappa shape index (κ2) is 18.9. The van der Waals surface area contributed by atoms with E-state index >= 15 is 0 Å². The number of nitrogens with zero attached hydrogens (tertiary/aromatic N) is 1. The molecule has 0 saturated heterocycles. The Bertz CT molecular complexity index is 399. The molecule has 0 spiro atoms. The Balaban J connectivity index is 0. The van der Waals surface area contributed by atoms with Crippen LogP contribution in [-0.2, 0) is 9.59 Å². The zero-order valence-electron chi connectivity index (χ0n) is 19.5. The van der Waals surface area contributed by atoms with Crippen LogP contribution in [0.4, 0.5) is 0 Å². The molecule has 0 radical (unpaired) electrons. The van der Waals surface area contributed by atoms with Gasteiger partial charge in [-0.15, -0.1) is 0 Å². The van der Waals surface area contributed by atoms with E-state index in [1.54, 1.807) is 4.90 Å². The van der Waals surface area contributed by atoms with E-state index < -0.39 is 11.4 Å². The molecule has 1 unspecified atom stereocenters. The first kappa shape index (κ1) is 30.1. The van der Waals surface area contributed by atoms with Crippen LogP contribution in [0.5, 0.6) is 0 Å². The molecule has 0 aliphatic carbocycles. The molecule has 0 heterocycles. The molecule has 0 N–H and O–H groups in total. The van der Waals surface area contributed by atoms with Crippen molar-refractivity contribution in [2.45, 2.75) is 118 Å². The Labute approximate surface area is 196 Å². The van der Waals surface area contributed by atoms with E-state index in [1.807, 2.05) is 13.8 Å². The van der Waals surface area contributed by atoms with Gasteiger partial charge in [0.05, 0.1) is 11.4 Å². The summed E-state index contributed by atoms with van der Waals surface area (Å²) in [5.41, 5.74) is -1.39. The fourth-order valence-corrected chi connectivity index (χ4v) is 3.65. The van der Waals surface area contributed by atoms with Gasteiger partial charge in [0.15, 0.2) is 0 Å². The number of carboxylic acid groups (broad SMARTS) is 1. The molecule has 4 nitrogen and oxygen atoms in total. The predicted octanol–water partition coefficient (Wildman–Crippen LogP) is 2.10. The van der Waals surface area contributed by atoms with E-state index in [9.17, 15) is 14.7 Å². The SMILES string of the molecule is CCCCCCCCCCCCCCCC(C)(C(=O)[O-])C(=O)N(CC)CC.[Na+]. The van der Waals surface area contributed by atoms with Crippen LogP contribution in [0.1, 0.15) is 118 Å². The van der Waals surface area contributed by atoms with E-state index in [1.165, 1.54) is 71.1 Å². The van der Waals surface area contributed by atoms with Gasteiger partial charge >= 0.3 is 29.6 Å². The van der Waals surface area contributed by atoms with E-state index in [0.717, 1.165) is 19.3 Å². The van der Waals surface area contributed by atoms with Crippen molar-refractivity contribution in [2.75, 3.05) is 13.1 Å². The molecule has 0 aliphatic rings. The molecule has 0 aromatic rings. The standard InChI is InChI=1S/C23H45NO3.Na/c1-5-8-9-10-11-12-13-14-15-16-17-18-19-20-23(4,22(26)27)21(25)24(6-2)7-3;/h5-20H2,1-4H3,(H,26,27);/q;+1/p-1. The number of carbonyl (C=O) groups is 2. The molecule has 0 rings (SSSR count). The van der Waals surface area contributed by atoms with Crippen molar-refractivity contribution in [1.29, 1.82) is 0 Å². The number of carbonyl (C=O) groups excluding carboxylic acids is 2. The topological polar surface area (TPSA) is 60.4 Å². The van der Waals surface area contributed by atoms with Gasteiger partial charge in [-0.3, -0.25) is 4.79 Å². The molecule has 1 amide bonds. The summed E-state index contributed by atoms with van der Waals surface area (Å²) < 4.78 is 0. The molecule has 0 aromatic carbocycles. The summed E-state index contributed by atoms with van der Waals surface area (Å²) in [5.74, 6) is -1.54. The van der Waals surface area contributed by atoms with Gasteiger partial charge in [0.2, 0.25) is 5.91 Å². The molecular formula is C23H44NNaO3. The minimum atomic E-state index is -1.39. The van der Waals surface area contributed by atoms with Crippen LogP contribution in [0, 0.1) is 5.41 Å². The van der Waals surface area contributed by atoms with Crippen molar-refractivity contribution in [1.82, 2.24) is 4.90 Å².